The lowest BCUT2D eigenvalue weighted by Crippen LogP contribution is -2.53. The average Bonchev–Trinajstić information content (AvgIpc) is 1.62. The van der Waals surface area contributed by atoms with Gasteiger partial charge in [-0.1, -0.05) is 124 Å². The van der Waals surface area contributed by atoms with Gasteiger partial charge >= 0.3 is 35.9 Å². The van der Waals surface area contributed by atoms with Gasteiger partial charge in [-0.3, -0.25) is 33.5 Å². The highest BCUT2D eigenvalue weighted by molar-refractivity contribution is 7.91. The standard InChI is InChI=1S/C44H52ClF5N4O9S.C33H42ClN3O6.2CH4/c1-21-34-20-53(36(21)32(55)19-43(18-28(43)37(46)47)40(58)52-64(60,61)24-11-12-24)38(57)27(42(2,3)4)17-35(56)62-33-15-22-14-26(22)25(33)8-6-5-7-9-30-39(63-34)54(41(59)44(48,49)50)31-16-23(45)10-13-29(31)51-30;1-17-27-16-37(29(17)32(40)41)31(39)22(33(2,3)4)15-28(38)42-26-13-18-12-21(18)20(26)8-6-5-7-9-24-30(43-27)36-25-14-19(34)10-11-23(25)35-24;;/h10,13,16,21-22,24-28,33-34,36-37H,5-9,11-12,14-15,17-20H2,1-4H3;10-11,14,17-18,20-22,26-27,29H,5-9,12-13,15-16H2,1-4H3,(H,40,41);2*1H4/p+1/t21-,22+,25-,26+,27-,28+,33-,34+,36+,43-;17-,18+,20-,21+,22-,26-,27+,29+;;/m11../s1. The number of aliphatic carboxylic acids is 1. The number of halogens is 7. The number of ketones is 1. The van der Waals surface area contributed by atoms with Gasteiger partial charge in [0.15, 0.2) is 11.5 Å². The molecule has 0 radical (unpaired) electrons. The molecule has 2 N–H and O–H groups in total. The van der Waals surface area contributed by atoms with Gasteiger partial charge in [0, 0.05) is 46.7 Å². The Kier molecular flexibility index (Phi) is 24.0. The first-order chi connectivity index (χ1) is 50.3. The lowest BCUT2D eigenvalue weighted by molar-refractivity contribution is -0.570. The fraction of sp³-hybridized carbons (Fsp3) is 0.696. The molecule has 6 saturated carbocycles. The lowest BCUT2D eigenvalue weighted by Gasteiger charge is -2.35. The zero-order valence-electron chi connectivity index (χ0n) is 61.4. The molecular formula is C79H103Cl2F5N7O15S+. The number of rotatable bonds is 8. The van der Waals surface area contributed by atoms with Gasteiger partial charge < -0.3 is 33.9 Å². The van der Waals surface area contributed by atoms with Crippen molar-refractivity contribution < 1.29 is 97.3 Å². The van der Waals surface area contributed by atoms with Crippen LogP contribution in [0.3, 0.4) is 0 Å². The summed E-state index contributed by atoms with van der Waals surface area (Å²) in [7, 11) is -4.22. The summed E-state index contributed by atoms with van der Waals surface area (Å²) in [5.41, 5.74) is -1.94. The van der Waals surface area contributed by atoms with Gasteiger partial charge in [-0.25, -0.2) is 41.7 Å². The summed E-state index contributed by atoms with van der Waals surface area (Å²) in [4.78, 5) is 128. The van der Waals surface area contributed by atoms with Crippen LogP contribution in [-0.4, -0.2) is 153 Å². The zero-order chi connectivity index (χ0) is 77.0. The summed E-state index contributed by atoms with van der Waals surface area (Å²) in [6.07, 6.45) is -1.37. The molecule has 6 heterocycles. The molecule has 18 atom stereocenters. The van der Waals surface area contributed by atoms with Crippen molar-refractivity contribution in [3.8, 4) is 11.8 Å². The van der Waals surface area contributed by atoms with Crippen molar-refractivity contribution in [2.75, 3.05) is 13.1 Å². The number of amides is 3. The number of hydrogen-bond donors (Lipinski definition) is 2. The van der Waals surface area contributed by atoms with Gasteiger partial charge in [-0.2, -0.15) is 13.2 Å². The number of esters is 2. The van der Waals surface area contributed by atoms with Crippen LogP contribution in [0.15, 0.2) is 36.4 Å². The summed E-state index contributed by atoms with van der Waals surface area (Å²) < 4.78 is 126. The summed E-state index contributed by atoms with van der Waals surface area (Å²) in [5.74, 6) is -10.6. The third kappa shape index (κ3) is 17.4. The Morgan fingerprint density at radius 1 is 0.642 bits per heavy atom. The Labute approximate surface area is 643 Å². The fourth-order valence-electron chi connectivity index (χ4n) is 18.3. The van der Waals surface area contributed by atoms with E-state index in [-0.39, 0.29) is 98.8 Å². The Morgan fingerprint density at radius 2 is 1.15 bits per heavy atom. The second-order valence-electron chi connectivity index (χ2n) is 34.2. The Hall–Kier alpha value is -6.94. The molecule has 0 spiro atoms. The molecule has 8 fully saturated rings. The number of nitrogens with one attached hydrogen (secondary N) is 1. The average molecular weight is 1590 g/mol. The number of hydrogen-bond acceptors (Lipinski definition) is 17. The molecule has 22 nitrogen and oxygen atoms in total. The molecule has 3 amide bonds. The third-order valence-corrected chi connectivity index (χ3v) is 27.1. The van der Waals surface area contributed by atoms with Crippen LogP contribution >= 0.6 is 23.2 Å². The van der Waals surface area contributed by atoms with Gasteiger partial charge in [0.25, 0.3) is 0 Å². The van der Waals surface area contributed by atoms with E-state index in [9.17, 15) is 69.0 Å². The fourth-order valence-corrected chi connectivity index (χ4v) is 20.0. The van der Waals surface area contributed by atoms with Crippen LogP contribution in [0, 0.1) is 81.3 Å². The number of aryl methyl sites for hydroxylation is 2. The van der Waals surface area contributed by atoms with E-state index in [1.54, 1.807) is 39.8 Å². The molecule has 30 heteroatoms. The Balaban J connectivity index is 0.000000229. The van der Waals surface area contributed by atoms with Crippen molar-refractivity contribution in [3.63, 3.8) is 0 Å². The highest BCUT2D eigenvalue weighted by Crippen LogP contribution is 2.61. The number of carbonyl (C=O) groups is 8. The maximum Gasteiger partial charge on any atom is 0.521 e. The smallest absolute Gasteiger partial charge is 0.480 e. The van der Waals surface area contributed by atoms with Crippen LogP contribution in [0.2, 0.25) is 10.0 Å². The van der Waals surface area contributed by atoms with Crippen molar-refractivity contribution in [2.24, 2.45) is 81.3 Å². The molecule has 4 bridgehead atoms. The number of alkyl halides is 5. The van der Waals surface area contributed by atoms with Crippen LogP contribution in [0.4, 0.5) is 22.0 Å². The molecule has 0 unspecified atom stereocenters. The Bertz CT molecular complexity index is 4330. The van der Waals surface area contributed by atoms with Crippen molar-refractivity contribution in [1.29, 1.82) is 0 Å². The van der Waals surface area contributed by atoms with Gasteiger partial charge in [-0.15, -0.1) is 0 Å². The minimum absolute atomic E-state index is 0. The first-order valence-electron chi connectivity index (χ1n) is 37.9. The van der Waals surface area contributed by atoms with Crippen molar-refractivity contribution in [2.45, 2.75) is 253 Å². The number of ether oxygens (including phenoxy) is 4. The molecule has 4 aliphatic heterocycles. The Morgan fingerprint density at radius 3 is 1.66 bits per heavy atom. The van der Waals surface area contributed by atoms with Crippen molar-refractivity contribution in [1.82, 2.24) is 29.5 Å². The number of benzene rings is 2. The predicted octanol–water partition coefficient (Wildman–Crippen LogP) is 13.5. The van der Waals surface area contributed by atoms with Crippen molar-refractivity contribution in [3.05, 3.63) is 57.8 Å². The summed E-state index contributed by atoms with van der Waals surface area (Å²) in [6, 6.07) is 6.64. The third-order valence-electron chi connectivity index (χ3n) is 24.8. The molecule has 109 heavy (non-hydrogen) atoms. The molecule has 2 aromatic heterocycles. The van der Waals surface area contributed by atoms with Crippen LogP contribution in [0.1, 0.15) is 202 Å². The maximum atomic E-state index is 15.1. The first kappa shape index (κ1) is 83.0. The molecule has 4 aromatic rings. The number of nitrogens with zero attached hydrogens (tertiary/aromatic N) is 6. The second kappa shape index (κ2) is 31.6. The minimum Gasteiger partial charge on any atom is -0.480 e. The number of fused-ring (bicyclic) bond motifs is 14. The van der Waals surface area contributed by atoms with Crippen LogP contribution < -0.4 is 18.8 Å². The highest BCUT2D eigenvalue weighted by atomic mass is 35.5. The summed E-state index contributed by atoms with van der Waals surface area (Å²) in [5, 5.41) is 9.92. The summed E-state index contributed by atoms with van der Waals surface area (Å²) in [6.45, 7) is 13.7. The van der Waals surface area contributed by atoms with E-state index < -0.39 is 165 Å². The van der Waals surface area contributed by atoms with Gasteiger partial charge in [0.2, 0.25) is 45.6 Å². The number of carboxylic acid groups (broad SMARTS) is 1. The number of aromatic nitrogens is 4. The SMILES string of the molecule is C.C.C[C@@H]1[C@@H]2CN(C(=O)[C@H](C(C)(C)C)CC(=O)O[C@@H]3C[C@@H]4C[C@@H]4[C@H]3CCCCCc3nc4ccc(Cl)cc4[n+](C(=O)C(F)(F)F)c3O2)[C@@H]1C(=O)C[C@]1(C(=O)NS(=O)(=O)C2CC2)C[C@H]1C(F)F.C[C@@H]1[C@@H]2CN(C(=O)[C@H](C(C)(C)C)CC(=O)O[C@@H]3C[C@@H]4C[C@@H]4[C@H]3CCCCCc3nc4ccc(Cl)cc4nc3O2)[C@@H]1C(=O)O. The molecule has 10 aliphatic rings. The predicted molar refractivity (Wildman–Crippen MR) is 392 cm³/mol. The monoisotopic (exact) mass is 1590 g/mol. The molecule has 2 aromatic carbocycles. The number of sulfonamides is 1. The van der Waals surface area contributed by atoms with E-state index in [0.29, 0.717) is 82.7 Å². The lowest BCUT2D eigenvalue weighted by atomic mass is 9.77. The van der Waals surface area contributed by atoms with Crippen LogP contribution in [0.25, 0.3) is 22.1 Å². The highest BCUT2D eigenvalue weighted by Gasteiger charge is 2.67. The topological polar surface area (TPSA) is 289 Å². The molecule has 598 valence electrons. The summed E-state index contributed by atoms with van der Waals surface area (Å²) >= 11 is 12.5. The molecular weight excluding hydrogens is 1480 g/mol. The largest absolute Gasteiger partial charge is 0.521 e. The van der Waals surface area contributed by atoms with Gasteiger partial charge in [0.1, 0.15) is 41.7 Å². The van der Waals surface area contributed by atoms with Crippen molar-refractivity contribution >= 4 is 103 Å². The maximum absolute atomic E-state index is 15.1. The zero-order valence-corrected chi connectivity index (χ0v) is 63.7. The number of carbonyl (C=O) groups excluding carboxylic acids is 7. The van der Waals surface area contributed by atoms with Crippen LogP contribution in [-0.2, 0) is 65.9 Å². The van der Waals surface area contributed by atoms with E-state index in [0.717, 1.165) is 67.1 Å². The number of Topliss-reactive ketones (excluding diaryl/α,β-unsaturated/α-hetero) is 1. The molecule has 2 saturated heterocycles. The first-order valence-corrected chi connectivity index (χ1v) is 40.2. The van der Waals surface area contributed by atoms with Crippen LogP contribution in [0.5, 0.6) is 11.8 Å². The normalized spacial score (nSPS) is 32.2. The number of carboxylic acids is 1. The minimum atomic E-state index is -5.42. The van der Waals surface area contributed by atoms with E-state index in [4.69, 9.17) is 52.1 Å². The van der Waals surface area contributed by atoms with E-state index >= 15 is 4.79 Å². The molecule has 14 rings (SSSR count). The molecule has 6 aliphatic carbocycles. The van der Waals surface area contributed by atoms with Gasteiger partial charge in [-0.05, 0) is 154 Å². The van der Waals surface area contributed by atoms with Gasteiger partial charge in [0.05, 0.1) is 65.5 Å². The second-order valence-corrected chi connectivity index (χ2v) is 37.1. The quantitative estimate of drug-likeness (QED) is 0.0941. The van der Waals surface area contributed by atoms with E-state index in [1.807, 2.05) is 31.6 Å². The van der Waals surface area contributed by atoms with E-state index in [2.05, 4.69) is 4.98 Å². The van der Waals surface area contributed by atoms with E-state index in [1.165, 1.54) is 30.4 Å².